The Morgan fingerprint density at radius 3 is 2.43 bits per heavy atom. The van der Waals surface area contributed by atoms with Crippen LogP contribution in [0.15, 0.2) is 60.9 Å². The molecule has 5 nitrogen and oxygen atoms in total. The van der Waals surface area contributed by atoms with Gasteiger partial charge >= 0.3 is 0 Å². The third kappa shape index (κ3) is 3.82. The summed E-state index contributed by atoms with van der Waals surface area (Å²) < 4.78 is 13.2. The van der Waals surface area contributed by atoms with Gasteiger partial charge in [-0.2, -0.15) is 0 Å². The van der Waals surface area contributed by atoms with E-state index in [-0.39, 0.29) is 10.9 Å². The summed E-state index contributed by atoms with van der Waals surface area (Å²) in [6.45, 7) is 2.38. The third-order valence-electron chi connectivity index (χ3n) is 4.77. The summed E-state index contributed by atoms with van der Waals surface area (Å²) >= 11 is 6.03. The van der Waals surface area contributed by atoms with Crippen LogP contribution in [0.25, 0.3) is 11.3 Å². The minimum Gasteiger partial charge on any atom is -0.353 e. The van der Waals surface area contributed by atoms with Crippen molar-refractivity contribution in [2.75, 3.05) is 31.1 Å². The summed E-state index contributed by atoms with van der Waals surface area (Å²) in [7, 11) is 0. The number of amides is 1. The lowest BCUT2D eigenvalue weighted by molar-refractivity contribution is 0.0746. The van der Waals surface area contributed by atoms with Crippen LogP contribution in [-0.4, -0.2) is 47.0 Å². The Labute approximate surface area is 167 Å². The van der Waals surface area contributed by atoms with Crippen LogP contribution in [0.5, 0.6) is 0 Å². The summed E-state index contributed by atoms with van der Waals surface area (Å²) in [5, 5.41) is 0.135. The lowest BCUT2D eigenvalue weighted by Gasteiger charge is -2.35. The second-order valence-corrected chi connectivity index (χ2v) is 6.94. The quantitative estimate of drug-likeness (QED) is 0.673. The fraction of sp³-hybridized carbons (Fsp3) is 0.190. The lowest BCUT2D eigenvalue weighted by atomic mass is 10.1. The highest BCUT2D eigenvalue weighted by Crippen LogP contribution is 2.23. The first-order valence-electron chi connectivity index (χ1n) is 8.98. The van der Waals surface area contributed by atoms with E-state index >= 15 is 0 Å². The Morgan fingerprint density at radius 2 is 1.71 bits per heavy atom. The van der Waals surface area contributed by atoms with Crippen LogP contribution in [0.3, 0.4) is 0 Å². The fourth-order valence-corrected chi connectivity index (χ4v) is 3.51. The smallest absolute Gasteiger partial charge is 0.255 e. The molecule has 0 aliphatic carbocycles. The van der Waals surface area contributed by atoms with Crippen molar-refractivity contribution in [3.05, 3.63) is 77.3 Å². The molecule has 1 amide bonds. The van der Waals surface area contributed by atoms with Crippen LogP contribution in [0.2, 0.25) is 5.02 Å². The van der Waals surface area contributed by atoms with Gasteiger partial charge in [-0.3, -0.25) is 4.79 Å². The largest absolute Gasteiger partial charge is 0.353 e. The highest BCUT2D eigenvalue weighted by atomic mass is 35.5. The molecule has 7 heteroatoms. The summed E-state index contributed by atoms with van der Waals surface area (Å²) in [6.07, 6.45) is 1.56. The van der Waals surface area contributed by atoms with Crippen molar-refractivity contribution in [1.82, 2.24) is 14.9 Å². The molecule has 1 saturated heterocycles. The van der Waals surface area contributed by atoms with Gasteiger partial charge in [-0.1, -0.05) is 41.9 Å². The van der Waals surface area contributed by atoms with Crippen molar-refractivity contribution >= 4 is 23.3 Å². The minimum absolute atomic E-state index is 0.135. The van der Waals surface area contributed by atoms with Crippen molar-refractivity contribution in [3.8, 4) is 11.3 Å². The molecule has 142 valence electrons. The zero-order valence-electron chi connectivity index (χ0n) is 15.1. The molecule has 4 rings (SSSR count). The number of hydrogen-bond acceptors (Lipinski definition) is 4. The molecule has 0 unspecified atom stereocenters. The number of carbonyl (C=O) groups is 1. The van der Waals surface area contributed by atoms with Crippen molar-refractivity contribution in [2.24, 2.45) is 0 Å². The molecule has 2 aromatic carbocycles. The van der Waals surface area contributed by atoms with Gasteiger partial charge in [-0.15, -0.1) is 0 Å². The molecule has 0 saturated carbocycles. The second-order valence-electron chi connectivity index (χ2n) is 6.53. The average molecular weight is 397 g/mol. The maximum Gasteiger partial charge on any atom is 0.255 e. The number of aromatic nitrogens is 2. The Kier molecular flexibility index (Phi) is 5.21. The maximum absolute atomic E-state index is 13.2. The molecule has 0 spiro atoms. The predicted molar refractivity (Wildman–Crippen MR) is 107 cm³/mol. The lowest BCUT2D eigenvalue weighted by Crippen LogP contribution is -2.49. The first-order chi connectivity index (χ1) is 13.6. The number of anilines is 1. The van der Waals surface area contributed by atoms with Crippen LogP contribution >= 0.6 is 11.6 Å². The third-order valence-corrected chi connectivity index (χ3v) is 5.09. The number of halogens is 2. The van der Waals surface area contributed by atoms with E-state index in [2.05, 4.69) is 14.9 Å². The maximum atomic E-state index is 13.2. The van der Waals surface area contributed by atoms with Crippen molar-refractivity contribution in [1.29, 1.82) is 0 Å². The normalized spacial score (nSPS) is 14.2. The Hall–Kier alpha value is -2.99. The van der Waals surface area contributed by atoms with E-state index in [0.29, 0.717) is 31.7 Å². The first kappa shape index (κ1) is 18.4. The van der Waals surface area contributed by atoms with Gasteiger partial charge in [0.25, 0.3) is 5.91 Å². The van der Waals surface area contributed by atoms with Crippen LogP contribution in [0.4, 0.5) is 10.2 Å². The van der Waals surface area contributed by atoms with Crippen molar-refractivity contribution < 1.29 is 9.18 Å². The Balaban J connectivity index is 1.45. The van der Waals surface area contributed by atoms with Gasteiger partial charge in [0.1, 0.15) is 18.0 Å². The molecule has 0 radical (unpaired) electrons. The van der Waals surface area contributed by atoms with Crippen LogP contribution in [-0.2, 0) is 0 Å². The van der Waals surface area contributed by atoms with Gasteiger partial charge in [0, 0.05) is 37.8 Å². The first-order valence-corrected chi connectivity index (χ1v) is 9.36. The van der Waals surface area contributed by atoms with E-state index in [1.807, 2.05) is 36.4 Å². The molecule has 1 aliphatic rings. The predicted octanol–water partition coefficient (Wildman–Crippen LogP) is 3.90. The van der Waals surface area contributed by atoms with E-state index in [1.54, 1.807) is 11.2 Å². The molecule has 1 aromatic heterocycles. The number of nitrogens with zero attached hydrogens (tertiary/aromatic N) is 4. The summed E-state index contributed by atoms with van der Waals surface area (Å²) in [5.41, 5.74) is 2.22. The molecule has 1 fully saturated rings. The number of rotatable bonds is 3. The summed E-state index contributed by atoms with van der Waals surface area (Å²) in [5.74, 6) is 0.197. The van der Waals surface area contributed by atoms with Gasteiger partial charge in [0.2, 0.25) is 0 Å². The second kappa shape index (κ2) is 7.94. The summed E-state index contributed by atoms with van der Waals surface area (Å²) in [4.78, 5) is 25.3. The fourth-order valence-electron chi connectivity index (χ4n) is 3.26. The monoisotopic (exact) mass is 396 g/mol. The molecule has 2 heterocycles. The molecular weight excluding hydrogens is 379 g/mol. The summed E-state index contributed by atoms with van der Waals surface area (Å²) in [6, 6.07) is 15.7. The SMILES string of the molecule is O=C(c1ccc(F)cc1Cl)N1CCN(c2cc(-c3ccccc3)ncn2)CC1. The van der Waals surface area contributed by atoms with Gasteiger partial charge in [0.05, 0.1) is 16.3 Å². The molecule has 0 N–H and O–H groups in total. The van der Waals surface area contributed by atoms with Crippen LogP contribution < -0.4 is 4.90 Å². The number of benzene rings is 2. The van der Waals surface area contributed by atoms with Crippen LogP contribution in [0.1, 0.15) is 10.4 Å². The van der Waals surface area contributed by atoms with Gasteiger partial charge in [-0.25, -0.2) is 14.4 Å². The Morgan fingerprint density at radius 1 is 0.964 bits per heavy atom. The Bertz CT molecular complexity index is 991. The van der Waals surface area contributed by atoms with Gasteiger partial charge in [-0.05, 0) is 18.2 Å². The van der Waals surface area contributed by atoms with Gasteiger partial charge in [0.15, 0.2) is 0 Å². The topological polar surface area (TPSA) is 49.3 Å². The zero-order chi connectivity index (χ0) is 19.5. The molecule has 1 aliphatic heterocycles. The molecule has 3 aromatic rings. The minimum atomic E-state index is -0.454. The molecule has 0 bridgehead atoms. The van der Waals surface area contributed by atoms with E-state index < -0.39 is 5.82 Å². The van der Waals surface area contributed by atoms with Crippen molar-refractivity contribution in [2.45, 2.75) is 0 Å². The zero-order valence-corrected chi connectivity index (χ0v) is 15.8. The highest BCUT2D eigenvalue weighted by Gasteiger charge is 2.24. The number of hydrogen-bond donors (Lipinski definition) is 0. The highest BCUT2D eigenvalue weighted by molar-refractivity contribution is 6.33. The number of carbonyl (C=O) groups excluding carboxylic acids is 1. The molecular formula is C21H18ClFN4O. The van der Waals surface area contributed by atoms with E-state index in [0.717, 1.165) is 23.1 Å². The number of piperazine rings is 1. The van der Waals surface area contributed by atoms with E-state index in [9.17, 15) is 9.18 Å². The molecule has 0 atom stereocenters. The van der Waals surface area contributed by atoms with Crippen molar-refractivity contribution in [3.63, 3.8) is 0 Å². The van der Waals surface area contributed by atoms with E-state index in [1.165, 1.54) is 12.1 Å². The van der Waals surface area contributed by atoms with Gasteiger partial charge < -0.3 is 9.80 Å². The standard InChI is InChI=1S/C21H18ClFN4O/c22-18-12-16(23)6-7-17(18)21(28)27-10-8-26(9-11-27)20-13-19(24-14-25-20)15-4-2-1-3-5-15/h1-7,12-14H,8-11H2. The van der Waals surface area contributed by atoms with E-state index in [4.69, 9.17) is 11.6 Å². The van der Waals surface area contributed by atoms with Crippen LogP contribution in [0, 0.1) is 5.82 Å². The molecule has 28 heavy (non-hydrogen) atoms. The average Bonchev–Trinajstić information content (AvgIpc) is 2.74.